The molecule has 2 heterocycles. The molecule has 4 nitrogen and oxygen atoms in total. The number of nitrogens with zero attached hydrogens (tertiary/aromatic N) is 3. The number of rotatable bonds is 6. The van der Waals surface area contributed by atoms with Crippen molar-refractivity contribution in [3.05, 3.63) is 29.8 Å². The summed E-state index contributed by atoms with van der Waals surface area (Å²) in [6.45, 7) is 8.07. The molecule has 1 fully saturated rings. The molecule has 118 valence electrons. The fourth-order valence-corrected chi connectivity index (χ4v) is 3.15. The molecular formula is C16H27FN4. The highest BCUT2D eigenvalue weighted by Gasteiger charge is 2.20. The van der Waals surface area contributed by atoms with Crippen LogP contribution in [0.5, 0.6) is 0 Å². The summed E-state index contributed by atoms with van der Waals surface area (Å²) in [5, 5.41) is 0. The van der Waals surface area contributed by atoms with Crippen LogP contribution in [0.3, 0.4) is 0 Å². The lowest BCUT2D eigenvalue weighted by atomic mass is 10.1. The second-order valence-electron chi connectivity index (χ2n) is 5.82. The van der Waals surface area contributed by atoms with Crippen LogP contribution in [0, 0.1) is 5.82 Å². The first-order valence-corrected chi connectivity index (χ1v) is 7.98. The highest BCUT2D eigenvalue weighted by molar-refractivity contribution is 5.10. The van der Waals surface area contributed by atoms with E-state index < -0.39 is 0 Å². The van der Waals surface area contributed by atoms with Gasteiger partial charge >= 0.3 is 0 Å². The number of hydrogen-bond acceptors (Lipinski definition) is 4. The lowest BCUT2D eigenvalue weighted by Crippen LogP contribution is -2.39. The monoisotopic (exact) mass is 294 g/mol. The van der Waals surface area contributed by atoms with Crippen molar-refractivity contribution >= 4 is 0 Å². The van der Waals surface area contributed by atoms with Crippen LogP contribution in [0.15, 0.2) is 18.5 Å². The van der Waals surface area contributed by atoms with E-state index >= 15 is 0 Å². The highest BCUT2D eigenvalue weighted by Crippen LogP contribution is 2.14. The molecule has 0 bridgehead atoms. The third-order valence-corrected chi connectivity index (χ3v) is 4.28. The molecular weight excluding hydrogens is 267 g/mol. The smallest absolute Gasteiger partial charge is 0.141 e. The van der Waals surface area contributed by atoms with Gasteiger partial charge in [0.25, 0.3) is 0 Å². The van der Waals surface area contributed by atoms with E-state index in [0.717, 1.165) is 64.1 Å². The van der Waals surface area contributed by atoms with E-state index in [1.165, 1.54) is 6.20 Å². The summed E-state index contributed by atoms with van der Waals surface area (Å²) in [4.78, 5) is 8.89. The average molecular weight is 294 g/mol. The van der Waals surface area contributed by atoms with Crippen molar-refractivity contribution in [3.63, 3.8) is 0 Å². The van der Waals surface area contributed by atoms with Gasteiger partial charge in [-0.25, -0.2) is 4.39 Å². The van der Waals surface area contributed by atoms with Crippen molar-refractivity contribution < 1.29 is 4.39 Å². The van der Waals surface area contributed by atoms with Gasteiger partial charge in [-0.1, -0.05) is 6.92 Å². The number of hydrogen-bond donors (Lipinski definition) is 1. The van der Waals surface area contributed by atoms with E-state index in [1.54, 1.807) is 12.3 Å². The summed E-state index contributed by atoms with van der Waals surface area (Å²) in [5.74, 6) is -0.252. The predicted octanol–water partition coefficient (Wildman–Crippen LogP) is 1.86. The molecule has 0 radical (unpaired) electrons. The molecule has 0 saturated carbocycles. The molecule has 2 N–H and O–H groups in total. The summed E-state index contributed by atoms with van der Waals surface area (Å²) in [6.07, 6.45) is 6.40. The minimum Gasteiger partial charge on any atom is -0.330 e. The van der Waals surface area contributed by atoms with Gasteiger partial charge in [-0.05, 0) is 50.5 Å². The SMILES string of the molecule is CCC(CCN)N1CCCN(Cc2cncc(F)c2)CC1. The van der Waals surface area contributed by atoms with Crippen molar-refractivity contribution in [3.8, 4) is 0 Å². The molecule has 0 aromatic carbocycles. The maximum atomic E-state index is 13.2. The zero-order valence-electron chi connectivity index (χ0n) is 13.0. The number of aromatic nitrogens is 1. The largest absolute Gasteiger partial charge is 0.330 e. The second kappa shape index (κ2) is 8.41. The van der Waals surface area contributed by atoms with Crippen molar-refractivity contribution in [2.75, 3.05) is 32.7 Å². The number of nitrogens with two attached hydrogens (primary N) is 1. The number of halogens is 1. The van der Waals surface area contributed by atoms with Crippen molar-refractivity contribution in [2.45, 2.75) is 38.8 Å². The highest BCUT2D eigenvalue weighted by atomic mass is 19.1. The maximum absolute atomic E-state index is 13.2. The van der Waals surface area contributed by atoms with Crippen molar-refractivity contribution in [1.82, 2.24) is 14.8 Å². The predicted molar refractivity (Wildman–Crippen MR) is 83.4 cm³/mol. The summed E-state index contributed by atoms with van der Waals surface area (Å²) < 4.78 is 13.2. The first-order valence-electron chi connectivity index (χ1n) is 7.98. The molecule has 21 heavy (non-hydrogen) atoms. The lowest BCUT2D eigenvalue weighted by Gasteiger charge is -2.29. The topological polar surface area (TPSA) is 45.4 Å². The Morgan fingerprint density at radius 1 is 1.29 bits per heavy atom. The van der Waals surface area contributed by atoms with E-state index in [1.807, 2.05) is 0 Å². The zero-order chi connectivity index (χ0) is 15.1. The molecule has 1 aromatic heterocycles. The number of pyridine rings is 1. The molecule has 1 unspecified atom stereocenters. The van der Waals surface area contributed by atoms with E-state index in [0.29, 0.717) is 6.04 Å². The van der Waals surface area contributed by atoms with E-state index in [9.17, 15) is 4.39 Å². The Balaban J connectivity index is 1.88. The minimum atomic E-state index is -0.252. The first kappa shape index (κ1) is 16.3. The molecule has 2 rings (SSSR count). The Bertz CT molecular complexity index is 426. The van der Waals surface area contributed by atoms with E-state index in [-0.39, 0.29) is 5.82 Å². The van der Waals surface area contributed by atoms with Crippen LogP contribution in [0.25, 0.3) is 0 Å². The van der Waals surface area contributed by atoms with Crippen molar-refractivity contribution in [1.29, 1.82) is 0 Å². The quantitative estimate of drug-likeness (QED) is 0.870. The summed E-state index contributed by atoms with van der Waals surface area (Å²) >= 11 is 0. The molecule has 1 saturated heterocycles. The van der Waals surface area contributed by atoms with Gasteiger partial charge < -0.3 is 5.73 Å². The molecule has 1 atom stereocenters. The molecule has 0 amide bonds. The summed E-state index contributed by atoms with van der Waals surface area (Å²) in [6, 6.07) is 2.18. The lowest BCUT2D eigenvalue weighted by molar-refractivity contribution is 0.184. The Kier molecular flexibility index (Phi) is 6.54. The summed E-state index contributed by atoms with van der Waals surface area (Å²) in [5.41, 5.74) is 6.67. The molecule has 1 aliphatic heterocycles. The van der Waals surface area contributed by atoms with Gasteiger partial charge in [0.2, 0.25) is 0 Å². The van der Waals surface area contributed by atoms with Gasteiger partial charge in [0.05, 0.1) is 6.20 Å². The summed E-state index contributed by atoms with van der Waals surface area (Å²) in [7, 11) is 0. The molecule has 1 aromatic rings. The van der Waals surface area contributed by atoms with Crippen LogP contribution in [0.1, 0.15) is 31.7 Å². The van der Waals surface area contributed by atoms with Crippen LogP contribution in [-0.4, -0.2) is 53.5 Å². The van der Waals surface area contributed by atoms with E-state index in [2.05, 4.69) is 21.7 Å². The standard InChI is InChI=1S/C16H27FN4/c1-2-16(4-5-18)21-7-3-6-20(8-9-21)13-14-10-15(17)12-19-11-14/h10-12,16H,2-9,13,18H2,1H3. The first-order chi connectivity index (χ1) is 10.2. The molecule has 0 spiro atoms. The Hall–Kier alpha value is -1.04. The van der Waals surface area contributed by atoms with Gasteiger partial charge in [0, 0.05) is 31.9 Å². The second-order valence-corrected chi connectivity index (χ2v) is 5.82. The van der Waals surface area contributed by atoms with Crippen molar-refractivity contribution in [2.24, 2.45) is 5.73 Å². The normalized spacial score (nSPS) is 19.4. The Morgan fingerprint density at radius 3 is 2.86 bits per heavy atom. The molecule has 0 aliphatic carbocycles. The van der Waals surface area contributed by atoms with Gasteiger partial charge in [-0.15, -0.1) is 0 Å². The third kappa shape index (κ3) is 5.02. The van der Waals surface area contributed by atoms with E-state index in [4.69, 9.17) is 5.73 Å². The third-order valence-electron chi connectivity index (χ3n) is 4.28. The molecule has 1 aliphatic rings. The minimum absolute atomic E-state index is 0.252. The van der Waals surface area contributed by atoms with Gasteiger partial charge in [0.1, 0.15) is 5.82 Å². The average Bonchev–Trinajstić information content (AvgIpc) is 2.70. The van der Waals surface area contributed by atoms with Crippen LogP contribution >= 0.6 is 0 Å². The Labute approximate surface area is 127 Å². The van der Waals surface area contributed by atoms with Crippen LogP contribution in [-0.2, 0) is 6.54 Å². The fourth-order valence-electron chi connectivity index (χ4n) is 3.15. The molecule has 5 heteroatoms. The van der Waals surface area contributed by atoms with Gasteiger partial charge in [-0.3, -0.25) is 14.8 Å². The van der Waals surface area contributed by atoms with Crippen LogP contribution < -0.4 is 5.73 Å². The van der Waals surface area contributed by atoms with Gasteiger partial charge in [0.15, 0.2) is 0 Å². The fraction of sp³-hybridized carbons (Fsp3) is 0.688. The zero-order valence-corrected chi connectivity index (χ0v) is 13.0. The maximum Gasteiger partial charge on any atom is 0.141 e. The van der Waals surface area contributed by atoms with Crippen LogP contribution in [0.2, 0.25) is 0 Å². The van der Waals surface area contributed by atoms with Gasteiger partial charge in [-0.2, -0.15) is 0 Å². The van der Waals surface area contributed by atoms with Crippen LogP contribution in [0.4, 0.5) is 4.39 Å². The Morgan fingerprint density at radius 2 is 2.14 bits per heavy atom.